The van der Waals surface area contributed by atoms with Crippen LogP contribution in [0.3, 0.4) is 0 Å². The highest BCUT2D eigenvalue weighted by molar-refractivity contribution is 9.10. The molecule has 2 aromatic carbocycles. The number of hydrogen-bond donors (Lipinski definition) is 2. The molecule has 0 aliphatic rings. The zero-order chi connectivity index (χ0) is 16.4. The standard InChI is InChI=1S/C18H15BrN2O2/c1-11(22)21-16(13-4-7-14(19)8-5-13)15-9-6-12-3-2-10-20-17(12)18(15)23/h2-10,16,23H,1H3,(H,21,22). The number of pyridine rings is 1. The zero-order valence-electron chi connectivity index (χ0n) is 12.5. The molecular weight excluding hydrogens is 356 g/mol. The molecule has 0 fully saturated rings. The first-order valence-corrected chi connectivity index (χ1v) is 7.94. The predicted octanol–water partition coefficient (Wildman–Crippen LogP) is 3.93. The quantitative estimate of drug-likeness (QED) is 0.734. The van der Waals surface area contributed by atoms with E-state index in [1.807, 2.05) is 48.5 Å². The number of benzene rings is 2. The van der Waals surface area contributed by atoms with E-state index in [1.54, 1.807) is 6.20 Å². The van der Waals surface area contributed by atoms with Gasteiger partial charge in [-0.2, -0.15) is 0 Å². The second kappa shape index (κ2) is 6.38. The van der Waals surface area contributed by atoms with E-state index in [1.165, 1.54) is 6.92 Å². The lowest BCUT2D eigenvalue weighted by atomic mass is 9.96. The van der Waals surface area contributed by atoms with Crippen molar-refractivity contribution in [2.45, 2.75) is 13.0 Å². The number of nitrogens with zero attached hydrogens (tertiary/aromatic N) is 1. The van der Waals surface area contributed by atoms with E-state index in [0.717, 1.165) is 15.4 Å². The third kappa shape index (κ3) is 3.19. The van der Waals surface area contributed by atoms with Crippen LogP contribution >= 0.6 is 15.9 Å². The molecule has 0 aliphatic heterocycles. The van der Waals surface area contributed by atoms with Gasteiger partial charge in [-0.1, -0.05) is 46.3 Å². The van der Waals surface area contributed by atoms with Gasteiger partial charge in [-0.3, -0.25) is 9.78 Å². The smallest absolute Gasteiger partial charge is 0.217 e. The summed E-state index contributed by atoms with van der Waals surface area (Å²) in [4.78, 5) is 15.9. The number of hydrogen-bond acceptors (Lipinski definition) is 3. The van der Waals surface area contributed by atoms with Gasteiger partial charge in [0.15, 0.2) is 0 Å². The molecule has 0 radical (unpaired) electrons. The van der Waals surface area contributed by atoms with Crippen molar-refractivity contribution in [2.75, 3.05) is 0 Å². The first-order valence-electron chi connectivity index (χ1n) is 7.15. The Balaban J connectivity index is 2.14. The van der Waals surface area contributed by atoms with Crippen LogP contribution in [0.2, 0.25) is 0 Å². The molecule has 116 valence electrons. The fraction of sp³-hybridized carbons (Fsp3) is 0.111. The van der Waals surface area contributed by atoms with Gasteiger partial charge in [-0.15, -0.1) is 0 Å². The highest BCUT2D eigenvalue weighted by Gasteiger charge is 2.20. The number of carbonyl (C=O) groups is 1. The third-order valence-electron chi connectivity index (χ3n) is 3.64. The summed E-state index contributed by atoms with van der Waals surface area (Å²) in [6.45, 7) is 1.46. The van der Waals surface area contributed by atoms with Crippen molar-refractivity contribution in [3.05, 3.63) is 70.3 Å². The summed E-state index contributed by atoms with van der Waals surface area (Å²) in [6, 6.07) is 14.6. The molecule has 0 bridgehead atoms. The van der Waals surface area contributed by atoms with Gasteiger partial charge in [-0.25, -0.2) is 0 Å². The number of aromatic hydroxyl groups is 1. The zero-order valence-corrected chi connectivity index (χ0v) is 14.0. The summed E-state index contributed by atoms with van der Waals surface area (Å²) in [5.74, 6) is -0.0804. The molecule has 0 saturated heterocycles. The minimum absolute atomic E-state index is 0.0877. The summed E-state index contributed by atoms with van der Waals surface area (Å²) in [5.41, 5.74) is 2.03. The van der Waals surface area contributed by atoms with Crippen LogP contribution in [0.15, 0.2) is 59.2 Å². The molecule has 1 heterocycles. The Morgan fingerprint density at radius 1 is 1.17 bits per heavy atom. The number of nitrogens with one attached hydrogen (secondary N) is 1. The molecule has 0 spiro atoms. The molecule has 1 amide bonds. The Morgan fingerprint density at radius 3 is 2.61 bits per heavy atom. The van der Waals surface area contributed by atoms with Gasteiger partial charge in [0, 0.05) is 28.5 Å². The number of carbonyl (C=O) groups excluding carboxylic acids is 1. The van der Waals surface area contributed by atoms with E-state index in [2.05, 4.69) is 26.2 Å². The van der Waals surface area contributed by atoms with Gasteiger partial charge < -0.3 is 10.4 Å². The van der Waals surface area contributed by atoms with Crippen molar-refractivity contribution < 1.29 is 9.90 Å². The number of amides is 1. The summed E-state index contributed by atoms with van der Waals surface area (Å²) in [5, 5.41) is 14.4. The first-order chi connectivity index (χ1) is 11.1. The maximum absolute atomic E-state index is 11.6. The average molecular weight is 371 g/mol. The van der Waals surface area contributed by atoms with Crippen LogP contribution < -0.4 is 5.32 Å². The van der Waals surface area contributed by atoms with Gasteiger partial charge in [-0.05, 0) is 23.8 Å². The lowest BCUT2D eigenvalue weighted by molar-refractivity contribution is -0.119. The Kier molecular flexibility index (Phi) is 4.30. The van der Waals surface area contributed by atoms with Gasteiger partial charge in [0.25, 0.3) is 0 Å². The number of halogens is 1. The van der Waals surface area contributed by atoms with Crippen molar-refractivity contribution >= 4 is 32.7 Å². The Morgan fingerprint density at radius 2 is 1.91 bits per heavy atom. The van der Waals surface area contributed by atoms with E-state index in [-0.39, 0.29) is 11.7 Å². The molecular formula is C18H15BrN2O2. The molecule has 3 rings (SSSR count). The number of aromatic nitrogens is 1. The Hall–Kier alpha value is -2.40. The Bertz CT molecular complexity index is 863. The first kappa shape index (κ1) is 15.5. The molecule has 0 aliphatic carbocycles. The average Bonchev–Trinajstić information content (AvgIpc) is 2.54. The van der Waals surface area contributed by atoms with Crippen LogP contribution in [0.25, 0.3) is 10.9 Å². The molecule has 0 saturated carbocycles. The largest absolute Gasteiger partial charge is 0.505 e. The van der Waals surface area contributed by atoms with Crippen molar-refractivity contribution in [2.24, 2.45) is 0 Å². The van der Waals surface area contributed by atoms with Crippen molar-refractivity contribution in [3.8, 4) is 5.75 Å². The van der Waals surface area contributed by atoms with E-state index in [9.17, 15) is 9.90 Å². The fourth-order valence-electron chi connectivity index (χ4n) is 2.58. The number of phenolic OH excluding ortho intramolecular Hbond substituents is 1. The highest BCUT2D eigenvalue weighted by Crippen LogP contribution is 2.34. The minimum Gasteiger partial charge on any atom is -0.505 e. The molecule has 23 heavy (non-hydrogen) atoms. The van der Waals surface area contributed by atoms with Crippen LogP contribution in [0.1, 0.15) is 24.1 Å². The summed E-state index contributed by atoms with van der Waals surface area (Å²) in [6.07, 6.45) is 1.64. The van der Waals surface area contributed by atoms with Crippen molar-refractivity contribution in [1.82, 2.24) is 10.3 Å². The lowest BCUT2D eigenvalue weighted by Crippen LogP contribution is -2.27. The molecule has 3 aromatic rings. The van der Waals surface area contributed by atoms with Crippen LogP contribution in [0.5, 0.6) is 5.75 Å². The molecule has 4 nitrogen and oxygen atoms in total. The molecule has 1 aromatic heterocycles. The van der Waals surface area contributed by atoms with E-state index in [0.29, 0.717) is 11.1 Å². The fourth-order valence-corrected chi connectivity index (χ4v) is 2.84. The van der Waals surface area contributed by atoms with Crippen LogP contribution in [-0.4, -0.2) is 16.0 Å². The van der Waals surface area contributed by atoms with E-state index in [4.69, 9.17) is 0 Å². The van der Waals surface area contributed by atoms with Gasteiger partial charge in [0.1, 0.15) is 11.3 Å². The van der Waals surface area contributed by atoms with Crippen molar-refractivity contribution in [3.63, 3.8) is 0 Å². The number of fused-ring (bicyclic) bond motifs is 1. The summed E-state index contributed by atoms with van der Waals surface area (Å²) >= 11 is 3.40. The van der Waals surface area contributed by atoms with E-state index >= 15 is 0 Å². The number of rotatable bonds is 3. The van der Waals surface area contributed by atoms with Crippen LogP contribution in [0.4, 0.5) is 0 Å². The second-order valence-electron chi connectivity index (χ2n) is 5.26. The maximum Gasteiger partial charge on any atom is 0.217 e. The van der Waals surface area contributed by atoms with Gasteiger partial charge in [0.2, 0.25) is 5.91 Å². The molecule has 5 heteroatoms. The monoisotopic (exact) mass is 370 g/mol. The summed E-state index contributed by atoms with van der Waals surface area (Å²) in [7, 11) is 0. The highest BCUT2D eigenvalue weighted by atomic mass is 79.9. The van der Waals surface area contributed by atoms with E-state index < -0.39 is 6.04 Å². The normalized spacial score (nSPS) is 12.1. The topological polar surface area (TPSA) is 62.2 Å². The molecule has 1 atom stereocenters. The van der Waals surface area contributed by atoms with Crippen molar-refractivity contribution in [1.29, 1.82) is 0 Å². The van der Waals surface area contributed by atoms with Gasteiger partial charge in [0.05, 0.1) is 6.04 Å². The van der Waals surface area contributed by atoms with Gasteiger partial charge >= 0.3 is 0 Å². The lowest BCUT2D eigenvalue weighted by Gasteiger charge is -2.20. The Labute approximate surface area is 142 Å². The minimum atomic E-state index is -0.438. The summed E-state index contributed by atoms with van der Waals surface area (Å²) < 4.78 is 0.951. The molecule has 2 N–H and O–H groups in total. The molecule has 1 unspecified atom stereocenters. The second-order valence-corrected chi connectivity index (χ2v) is 6.18. The van der Waals surface area contributed by atoms with Crippen LogP contribution in [-0.2, 0) is 4.79 Å². The van der Waals surface area contributed by atoms with Crippen LogP contribution in [0, 0.1) is 0 Å². The predicted molar refractivity (Wildman–Crippen MR) is 93.2 cm³/mol. The SMILES string of the molecule is CC(=O)NC(c1ccc(Br)cc1)c1ccc2cccnc2c1O. The maximum atomic E-state index is 11.6. The third-order valence-corrected chi connectivity index (χ3v) is 4.17. The number of phenols is 1.